The van der Waals surface area contributed by atoms with Gasteiger partial charge in [0.15, 0.2) is 0 Å². The molecule has 0 heterocycles. The standard InChI is InChI=1S/C19H24O2/c1-14-4-3-5-16(8-6-14)10-18-11-17(9-7-15(18)2)12-19(21)13-20/h3-7,9,11,19-21H,8,10,12-13H2,1-2H3/t19-/m0/s1. The molecule has 1 aliphatic rings. The molecule has 0 unspecified atom stereocenters. The van der Waals surface area contributed by atoms with Crippen LogP contribution in [0.1, 0.15) is 30.0 Å². The lowest BCUT2D eigenvalue weighted by molar-refractivity contribution is 0.0955. The molecule has 0 bridgehead atoms. The van der Waals surface area contributed by atoms with Crippen LogP contribution in [0.4, 0.5) is 0 Å². The fourth-order valence-corrected chi connectivity index (χ4v) is 2.52. The molecule has 1 aromatic carbocycles. The molecule has 0 spiro atoms. The first-order valence-electron chi connectivity index (χ1n) is 7.48. The molecule has 0 saturated carbocycles. The predicted molar refractivity (Wildman–Crippen MR) is 87.3 cm³/mol. The van der Waals surface area contributed by atoms with E-state index in [9.17, 15) is 5.11 Å². The summed E-state index contributed by atoms with van der Waals surface area (Å²) in [4.78, 5) is 0. The minimum atomic E-state index is -0.675. The van der Waals surface area contributed by atoms with E-state index in [1.807, 2.05) is 6.07 Å². The molecule has 2 N–H and O–H groups in total. The Kier molecular flexibility index (Phi) is 5.54. The van der Waals surface area contributed by atoms with Crippen LogP contribution in [-0.4, -0.2) is 22.9 Å². The molecule has 1 aliphatic carbocycles. The van der Waals surface area contributed by atoms with Crippen molar-refractivity contribution in [1.82, 2.24) is 0 Å². The van der Waals surface area contributed by atoms with Crippen LogP contribution in [0, 0.1) is 6.92 Å². The molecule has 0 aromatic heterocycles. The van der Waals surface area contributed by atoms with Crippen molar-refractivity contribution >= 4 is 0 Å². The van der Waals surface area contributed by atoms with Crippen molar-refractivity contribution in [3.63, 3.8) is 0 Å². The normalized spacial score (nSPS) is 16.2. The summed E-state index contributed by atoms with van der Waals surface area (Å²) in [6, 6.07) is 6.28. The smallest absolute Gasteiger partial charge is 0.0811 e. The van der Waals surface area contributed by atoms with E-state index in [0.717, 1.165) is 18.4 Å². The highest BCUT2D eigenvalue weighted by Gasteiger charge is 2.08. The van der Waals surface area contributed by atoms with Crippen LogP contribution in [0.2, 0.25) is 0 Å². The quantitative estimate of drug-likeness (QED) is 0.871. The Morgan fingerprint density at radius 1 is 1.24 bits per heavy atom. The third-order valence-electron chi connectivity index (χ3n) is 3.89. The van der Waals surface area contributed by atoms with Crippen LogP contribution in [-0.2, 0) is 12.8 Å². The summed E-state index contributed by atoms with van der Waals surface area (Å²) in [6.07, 6.45) is 10.4. The molecule has 0 aliphatic heterocycles. The van der Waals surface area contributed by atoms with Gasteiger partial charge in [-0.2, -0.15) is 0 Å². The van der Waals surface area contributed by atoms with Gasteiger partial charge in [-0.25, -0.2) is 0 Å². The number of aliphatic hydroxyl groups is 2. The zero-order valence-corrected chi connectivity index (χ0v) is 12.8. The number of benzene rings is 1. The second-order valence-electron chi connectivity index (χ2n) is 5.81. The number of aliphatic hydroxyl groups excluding tert-OH is 2. The van der Waals surface area contributed by atoms with Crippen molar-refractivity contribution in [3.8, 4) is 0 Å². The van der Waals surface area contributed by atoms with Gasteiger partial charge in [0.2, 0.25) is 0 Å². The maximum absolute atomic E-state index is 9.58. The largest absolute Gasteiger partial charge is 0.394 e. The molecule has 2 nitrogen and oxygen atoms in total. The van der Waals surface area contributed by atoms with E-state index in [-0.39, 0.29) is 6.61 Å². The Bertz CT molecular complexity index is 576. The lowest BCUT2D eigenvalue weighted by atomic mass is 9.95. The van der Waals surface area contributed by atoms with E-state index in [2.05, 4.69) is 50.3 Å². The average Bonchev–Trinajstić information content (AvgIpc) is 2.67. The topological polar surface area (TPSA) is 40.5 Å². The highest BCUT2D eigenvalue weighted by molar-refractivity contribution is 5.37. The van der Waals surface area contributed by atoms with E-state index in [4.69, 9.17) is 5.11 Å². The molecule has 0 fully saturated rings. The van der Waals surface area contributed by atoms with Crippen molar-refractivity contribution in [1.29, 1.82) is 0 Å². The minimum absolute atomic E-state index is 0.191. The Morgan fingerprint density at radius 2 is 2.05 bits per heavy atom. The molecule has 1 aromatic rings. The SMILES string of the molecule is CC1=CCC(Cc2cc(C[C@H](O)CO)ccc2C)=CC=C1. The van der Waals surface area contributed by atoms with E-state index in [1.54, 1.807) is 0 Å². The lowest BCUT2D eigenvalue weighted by Gasteiger charge is -2.12. The maximum Gasteiger partial charge on any atom is 0.0811 e. The monoisotopic (exact) mass is 284 g/mol. The number of aryl methyl sites for hydroxylation is 1. The second kappa shape index (κ2) is 7.39. The van der Waals surface area contributed by atoms with Gasteiger partial charge in [-0.15, -0.1) is 0 Å². The van der Waals surface area contributed by atoms with Crippen molar-refractivity contribution < 1.29 is 10.2 Å². The number of hydrogen-bond donors (Lipinski definition) is 2. The first kappa shape index (κ1) is 15.7. The summed E-state index contributed by atoms with van der Waals surface area (Å²) in [6.45, 7) is 4.05. The third kappa shape index (κ3) is 4.69. The zero-order valence-electron chi connectivity index (χ0n) is 12.8. The van der Waals surface area contributed by atoms with Crippen molar-refractivity contribution in [2.24, 2.45) is 0 Å². The zero-order chi connectivity index (χ0) is 15.2. The van der Waals surface area contributed by atoms with Gasteiger partial charge < -0.3 is 10.2 Å². The first-order chi connectivity index (χ1) is 10.1. The van der Waals surface area contributed by atoms with E-state index in [0.29, 0.717) is 6.42 Å². The molecule has 0 radical (unpaired) electrons. The summed E-state index contributed by atoms with van der Waals surface area (Å²) in [5.41, 5.74) is 6.34. The first-order valence-corrected chi connectivity index (χ1v) is 7.48. The van der Waals surface area contributed by atoms with Gasteiger partial charge in [0.05, 0.1) is 12.7 Å². The third-order valence-corrected chi connectivity index (χ3v) is 3.89. The summed E-state index contributed by atoms with van der Waals surface area (Å²) < 4.78 is 0. The van der Waals surface area contributed by atoms with E-state index in [1.165, 1.54) is 22.3 Å². The predicted octanol–water partition coefficient (Wildman–Crippen LogP) is 3.27. The lowest BCUT2D eigenvalue weighted by Crippen LogP contribution is -2.15. The molecular weight excluding hydrogens is 260 g/mol. The Morgan fingerprint density at radius 3 is 2.81 bits per heavy atom. The number of rotatable bonds is 5. The molecule has 2 heteroatoms. The summed E-state index contributed by atoms with van der Waals surface area (Å²) in [7, 11) is 0. The molecule has 1 atom stereocenters. The van der Waals surface area contributed by atoms with Crippen LogP contribution >= 0.6 is 0 Å². The fraction of sp³-hybridized carbons (Fsp3) is 0.368. The average molecular weight is 284 g/mol. The van der Waals surface area contributed by atoms with E-state index < -0.39 is 6.10 Å². The van der Waals surface area contributed by atoms with Crippen molar-refractivity contribution in [3.05, 3.63) is 70.3 Å². The fourth-order valence-electron chi connectivity index (χ4n) is 2.52. The number of hydrogen-bond acceptors (Lipinski definition) is 2. The van der Waals surface area contributed by atoms with Crippen molar-refractivity contribution in [2.75, 3.05) is 6.61 Å². The van der Waals surface area contributed by atoms with Crippen LogP contribution < -0.4 is 0 Å². The Balaban J connectivity index is 2.14. The van der Waals surface area contributed by atoms with Gasteiger partial charge in [-0.05, 0) is 43.4 Å². The van der Waals surface area contributed by atoms with Gasteiger partial charge in [-0.1, -0.05) is 53.6 Å². The van der Waals surface area contributed by atoms with Crippen LogP contribution in [0.3, 0.4) is 0 Å². The highest BCUT2D eigenvalue weighted by atomic mass is 16.3. The van der Waals surface area contributed by atoms with Crippen LogP contribution in [0.15, 0.2) is 53.6 Å². The molecule has 0 amide bonds. The van der Waals surface area contributed by atoms with Gasteiger partial charge in [0.1, 0.15) is 0 Å². The summed E-state index contributed by atoms with van der Waals surface area (Å²) in [5.74, 6) is 0. The number of allylic oxidation sites excluding steroid dienone is 6. The minimum Gasteiger partial charge on any atom is -0.394 e. The van der Waals surface area contributed by atoms with Crippen LogP contribution in [0.25, 0.3) is 0 Å². The van der Waals surface area contributed by atoms with Gasteiger partial charge in [0, 0.05) is 6.42 Å². The van der Waals surface area contributed by atoms with Gasteiger partial charge in [-0.3, -0.25) is 0 Å². The molecule has 112 valence electrons. The Labute approximate surface area is 127 Å². The van der Waals surface area contributed by atoms with E-state index >= 15 is 0 Å². The van der Waals surface area contributed by atoms with Crippen molar-refractivity contribution in [2.45, 2.75) is 39.2 Å². The molecule has 0 saturated heterocycles. The summed E-state index contributed by atoms with van der Waals surface area (Å²) >= 11 is 0. The van der Waals surface area contributed by atoms with Crippen LogP contribution in [0.5, 0.6) is 0 Å². The molecule has 2 rings (SSSR count). The summed E-state index contributed by atoms with van der Waals surface area (Å²) in [5, 5.41) is 18.5. The highest BCUT2D eigenvalue weighted by Crippen LogP contribution is 2.20. The molecular formula is C19H24O2. The van der Waals surface area contributed by atoms with Gasteiger partial charge in [0.25, 0.3) is 0 Å². The Hall–Kier alpha value is -1.64. The van der Waals surface area contributed by atoms with Gasteiger partial charge >= 0.3 is 0 Å². The second-order valence-corrected chi connectivity index (χ2v) is 5.81. The molecule has 21 heavy (non-hydrogen) atoms. The maximum atomic E-state index is 9.58.